The standard InChI is InChI=1S/C43H36ClFN2O7/c1-43-33(40(50)47(42(43)52)27-12-18-35(45)34(44)21-27)22-32-30(38(43)24-8-13-28(48)14-9-24)16-17-31-37(32)41(51)46(39(31)49)26-10-5-23(6-11-26)4-7-25-20-29(53-2)15-19-36(25)54-3/h4-16,18-21,31-33,37-38,48H,17,22H2,1-3H3/t31-,32+,33-,37-,38-,43+/m0/s1. The van der Waals surface area contributed by atoms with Crippen molar-refractivity contribution in [1.82, 2.24) is 0 Å². The smallest absolute Gasteiger partial charge is 0.241 e. The highest BCUT2D eigenvalue weighted by molar-refractivity contribution is 6.32. The molecule has 274 valence electrons. The Kier molecular flexibility index (Phi) is 8.68. The molecule has 0 spiro atoms. The predicted octanol–water partition coefficient (Wildman–Crippen LogP) is 7.81. The third-order valence-corrected chi connectivity index (χ3v) is 12.0. The summed E-state index contributed by atoms with van der Waals surface area (Å²) in [6.07, 6.45) is 6.21. The average Bonchev–Trinajstić information content (AvgIpc) is 3.55. The van der Waals surface area contributed by atoms with E-state index in [4.69, 9.17) is 21.1 Å². The highest BCUT2D eigenvalue weighted by Crippen LogP contribution is 2.63. The number of ether oxygens (including phenoxy) is 2. The minimum absolute atomic E-state index is 0.0376. The Labute approximate surface area is 316 Å². The van der Waals surface area contributed by atoms with Crippen molar-refractivity contribution in [2.24, 2.45) is 29.1 Å². The first-order valence-corrected chi connectivity index (χ1v) is 18.0. The first-order valence-electron chi connectivity index (χ1n) is 17.7. The average molecular weight is 747 g/mol. The zero-order chi connectivity index (χ0) is 38.1. The molecular formula is C43H36ClFN2O7. The van der Waals surface area contributed by atoms with Crippen LogP contribution in [-0.4, -0.2) is 43.0 Å². The highest BCUT2D eigenvalue weighted by Gasteiger charge is 2.67. The van der Waals surface area contributed by atoms with Gasteiger partial charge in [0.25, 0.3) is 0 Å². The number of fused-ring (bicyclic) bond motifs is 4. The quantitative estimate of drug-likeness (QED) is 0.117. The number of aromatic hydroxyl groups is 1. The van der Waals surface area contributed by atoms with E-state index < -0.39 is 52.6 Å². The molecule has 4 aromatic carbocycles. The summed E-state index contributed by atoms with van der Waals surface area (Å²) in [5.41, 5.74) is 2.48. The Morgan fingerprint density at radius 2 is 1.54 bits per heavy atom. The second-order valence-corrected chi connectivity index (χ2v) is 14.8. The lowest BCUT2D eigenvalue weighted by atomic mass is 9.51. The van der Waals surface area contributed by atoms with Crippen LogP contribution < -0.4 is 19.3 Å². The fourth-order valence-electron chi connectivity index (χ4n) is 9.08. The summed E-state index contributed by atoms with van der Waals surface area (Å²) in [6.45, 7) is 1.76. The van der Waals surface area contributed by atoms with Gasteiger partial charge in [-0.05, 0) is 97.5 Å². The van der Waals surface area contributed by atoms with Crippen molar-refractivity contribution in [3.8, 4) is 17.2 Å². The van der Waals surface area contributed by atoms with Gasteiger partial charge in [-0.15, -0.1) is 0 Å². The van der Waals surface area contributed by atoms with Crippen LogP contribution in [0.1, 0.15) is 42.4 Å². The maximum absolute atomic E-state index is 14.5. The number of rotatable bonds is 7. The first-order chi connectivity index (χ1) is 26.0. The summed E-state index contributed by atoms with van der Waals surface area (Å²) in [5, 5.41) is 9.93. The molecule has 8 rings (SSSR count). The number of carbonyl (C=O) groups excluding carboxylic acids is 4. The number of benzene rings is 4. The Morgan fingerprint density at radius 3 is 2.22 bits per heavy atom. The molecule has 2 aliphatic carbocycles. The van der Waals surface area contributed by atoms with E-state index in [9.17, 15) is 28.7 Å². The number of halogens is 2. The van der Waals surface area contributed by atoms with Crippen LogP contribution in [0.4, 0.5) is 15.8 Å². The van der Waals surface area contributed by atoms with E-state index in [2.05, 4.69) is 0 Å². The predicted molar refractivity (Wildman–Crippen MR) is 202 cm³/mol. The Morgan fingerprint density at radius 1 is 0.815 bits per heavy atom. The van der Waals surface area contributed by atoms with Crippen molar-refractivity contribution in [3.63, 3.8) is 0 Å². The molecule has 4 aliphatic rings. The molecule has 2 aliphatic heterocycles. The number of hydrogen-bond donors (Lipinski definition) is 1. The SMILES string of the molecule is COc1ccc(OC)c(C=Cc2ccc(N3C(=O)[C@H]4[C@H](CC=C5[C@H]4C[C@H]4C(=O)N(c6ccc(F)c(Cl)c6)C(=O)[C@@]4(C)[C@H]5c4ccc(O)cc4)C3=O)cc2)c1. The zero-order valence-electron chi connectivity index (χ0n) is 29.7. The number of allylic oxidation sites excluding steroid dienone is 2. The summed E-state index contributed by atoms with van der Waals surface area (Å²) in [5.74, 6) is -4.29. The topological polar surface area (TPSA) is 113 Å². The van der Waals surface area contributed by atoms with Gasteiger partial charge in [-0.3, -0.25) is 24.1 Å². The van der Waals surface area contributed by atoms with Gasteiger partial charge in [0.1, 0.15) is 23.1 Å². The van der Waals surface area contributed by atoms with Gasteiger partial charge in [-0.1, -0.05) is 59.7 Å². The number of phenols is 1. The second-order valence-electron chi connectivity index (χ2n) is 14.4. The van der Waals surface area contributed by atoms with Gasteiger partial charge in [0.15, 0.2) is 0 Å². The van der Waals surface area contributed by atoms with Crippen LogP contribution in [0, 0.1) is 34.9 Å². The number of phenolic OH excluding ortho intramolecular Hbond substituents is 1. The van der Waals surface area contributed by atoms with E-state index in [-0.39, 0.29) is 41.1 Å². The summed E-state index contributed by atoms with van der Waals surface area (Å²) >= 11 is 6.10. The van der Waals surface area contributed by atoms with Crippen LogP contribution in [0.3, 0.4) is 0 Å². The molecule has 54 heavy (non-hydrogen) atoms. The molecule has 0 bridgehead atoms. The van der Waals surface area contributed by atoms with Crippen molar-refractivity contribution >= 4 is 58.8 Å². The number of amides is 4. The number of imide groups is 2. The number of carbonyl (C=O) groups is 4. The van der Waals surface area contributed by atoms with E-state index in [0.29, 0.717) is 22.7 Å². The molecule has 3 fully saturated rings. The van der Waals surface area contributed by atoms with Crippen LogP contribution in [0.25, 0.3) is 12.2 Å². The maximum atomic E-state index is 14.5. The molecule has 1 saturated carbocycles. The van der Waals surface area contributed by atoms with E-state index in [1.54, 1.807) is 45.4 Å². The lowest BCUT2D eigenvalue weighted by Gasteiger charge is -2.49. The highest BCUT2D eigenvalue weighted by atomic mass is 35.5. The van der Waals surface area contributed by atoms with Gasteiger partial charge in [0, 0.05) is 11.5 Å². The van der Waals surface area contributed by atoms with Gasteiger partial charge in [0.05, 0.1) is 53.8 Å². The fraction of sp³-hybridized carbons (Fsp3) is 0.256. The van der Waals surface area contributed by atoms with Gasteiger partial charge in [0.2, 0.25) is 23.6 Å². The summed E-state index contributed by atoms with van der Waals surface area (Å²) < 4.78 is 25.0. The molecule has 0 radical (unpaired) electrons. The van der Waals surface area contributed by atoms with Crippen LogP contribution >= 0.6 is 11.6 Å². The zero-order valence-corrected chi connectivity index (χ0v) is 30.4. The number of anilines is 2. The third kappa shape index (κ3) is 5.42. The minimum Gasteiger partial charge on any atom is -0.508 e. The summed E-state index contributed by atoms with van der Waals surface area (Å²) in [4.78, 5) is 59.8. The van der Waals surface area contributed by atoms with Crippen molar-refractivity contribution in [1.29, 1.82) is 0 Å². The molecule has 2 saturated heterocycles. The molecule has 1 N–H and O–H groups in total. The van der Waals surface area contributed by atoms with Crippen molar-refractivity contribution in [2.45, 2.75) is 25.7 Å². The van der Waals surface area contributed by atoms with Crippen molar-refractivity contribution in [3.05, 3.63) is 124 Å². The van der Waals surface area contributed by atoms with Gasteiger partial charge >= 0.3 is 0 Å². The lowest BCUT2D eigenvalue weighted by molar-refractivity contribution is -0.131. The molecule has 0 unspecified atom stereocenters. The van der Waals surface area contributed by atoms with Crippen LogP contribution in [-0.2, 0) is 19.2 Å². The maximum Gasteiger partial charge on any atom is 0.241 e. The third-order valence-electron chi connectivity index (χ3n) is 11.7. The summed E-state index contributed by atoms with van der Waals surface area (Å²) in [7, 11) is 3.19. The van der Waals surface area contributed by atoms with Crippen LogP contribution in [0.15, 0.2) is 96.6 Å². The number of nitrogens with zero attached hydrogens (tertiary/aromatic N) is 2. The lowest BCUT2D eigenvalue weighted by Crippen LogP contribution is -2.48. The van der Waals surface area contributed by atoms with E-state index in [1.807, 2.05) is 48.6 Å². The fourth-order valence-corrected chi connectivity index (χ4v) is 9.25. The summed E-state index contributed by atoms with van der Waals surface area (Å²) in [6, 6.07) is 22.9. The van der Waals surface area contributed by atoms with Crippen molar-refractivity contribution in [2.75, 3.05) is 24.0 Å². The van der Waals surface area contributed by atoms with Crippen LogP contribution in [0.2, 0.25) is 5.02 Å². The van der Waals surface area contributed by atoms with E-state index >= 15 is 0 Å². The van der Waals surface area contributed by atoms with Gasteiger partial charge < -0.3 is 14.6 Å². The van der Waals surface area contributed by atoms with E-state index in [1.165, 1.54) is 29.2 Å². The first kappa shape index (κ1) is 35.3. The molecule has 6 atom stereocenters. The molecular weight excluding hydrogens is 711 g/mol. The largest absolute Gasteiger partial charge is 0.508 e. The molecule has 4 aromatic rings. The van der Waals surface area contributed by atoms with Gasteiger partial charge in [-0.2, -0.15) is 0 Å². The molecule has 9 nitrogen and oxygen atoms in total. The normalized spacial score (nSPS) is 26.2. The second kappa shape index (κ2) is 13.3. The Hall–Kier alpha value is -5.74. The molecule has 4 amide bonds. The number of methoxy groups -OCH3 is 2. The Balaban J connectivity index is 1.13. The van der Waals surface area contributed by atoms with Crippen LogP contribution in [0.5, 0.6) is 17.2 Å². The van der Waals surface area contributed by atoms with Crippen molar-refractivity contribution < 1.29 is 38.1 Å². The number of hydrogen-bond acceptors (Lipinski definition) is 7. The van der Waals surface area contributed by atoms with E-state index in [0.717, 1.165) is 27.7 Å². The Bertz CT molecular complexity index is 2290. The molecule has 11 heteroatoms. The monoisotopic (exact) mass is 746 g/mol. The molecule has 2 heterocycles. The van der Waals surface area contributed by atoms with Gasteiger partial charge in [-0.25, -0.2) is 9.29 Å². The molecule has 0 aromatic heterocycles. The minimum atomic E-state index is -1.28.